The van der Waals surface area contributed by atoms with Crippen LogP contribution in [0.2, 0.25) is 0 Å². The Labute approximate surface area is 145 Å². The first-order chi connectivity index (χ1) is 9.70. The summed E-state index contributed by atoms with van der Waals surface area (Å²) in [6.45, 7) is 6.49. The molecular formula is C16H27Cl2N3O. The fraction of sp³-hybridized carbons (Fsp3) is 0.562. The first-order valence-corrected chi connectivity index (χ1v) is 7.55. The number of halogens is 2. The van der Waals surface area contributed by atoms with Crippen LogP contribution in [0.4, 0.5) is 5.69 Å². The summed E-state index contributed by atoms with van der Waals surface area (Å²) < 4.78 is 0. The lowest BCUT2D eigenvalue weighted by Crippen LogP contribution is -2.35. The van der Waals surface area contributed by atoms with Crippen molar-refractivity contribution in [2.75, 3.05) is 31.9 Å². The summed E-state index contributed by atoms with van der Waals surface area (Å²) in [7, 11) is 0. The number of hydrogen-bond donors (Lipinski definition) is 2. The van der Waals surface area contributed by atoms with Crippen LogP contribution < -0.4 is 11.1 Å². The highest BCUT2D eigenvalue weighted by Crippen LogP contribution is 2.19. The van der Waals surface area contributed by atoms with Crippen molar-refractivity contribution in [2.24, 2.45) is 5.92 Å². The third kappa shape index (κ3) is 6.03. The number of benzene rings is 1. The molecule has 0 unspecified atom stereocenters. The van der Waals surface area contributed by atoms with Crippen LogP contribution in [0.15, 0.2) is 24.3 Å². The maximum Gasteiger partial charge on any atom is 0.253 e. The Morgan fingerprint density at radius 3 is 2.50 bits per heavy atom. The van der Waals surface area contributed by atoms with Gasteiger partial charge in [0.25, 0.3) is 5.91 Å². The number of carbonyl (C=O) groups excluding carboxylic acids is 1. The molecule has 1 aliphatic rings. The van der Waals surface area contributed by atoms with E-state index in [1.165, 1.54) is 25.9 Å². The summed E-state index contributed by atoms with van der Waals surface area (Å²) in [6, 6.07) is 7.21. The van der Waals surface area contributed by atoms with Gasteiger partial charge in [0.2, 0.25) is 0 Å². The lowest BCUT2D eigenvalue weighted by molar-refractivity contribution is 0.0949. The first kappa shape index (κ1) is 21.0. The van der Waals surface area contributed by atoms with Gasteiger partial charge in [-0.15, -0.1) is 24.8 Å². The van der Waals surface area contributed by atoms with Crippen molar-refractivity contribution in [2.45, 2.75) is 26.2 Å². The number of nitrogens with zero attached hydrogens (tertiary/aromatic N) is 1. The molecule has 0 saturated carbocycles. The van der Waals surface area contributed by atoms with E-state index in [1.54, 1.807) is 12.1 Å². The summed E-state index contributed by atoms with van der Waals surface area (Å²) in [5.74, 6) is 0.681. The van der Waals surface area contributed by atoms with Crippen molar-refractivity contribution in [1.29, 1.82) is 0 Å². The second kappa shape index (κ2) is 10.7. The first-order valence-electron chi connectivity index (χ1n) is 7.55. The molecule has 0 aliphatic carbocycles. The molecule has 1 aromatic carbocycles. The summed E-state index contributed by atoms with van der Waals surface area (Å²) >= 11 is 0. The minimum atomic E-state index is -0.0610. The molecule has 0 bridgehead atoms. The summed E-state index contributed by atoms with van der Waals surface area (Å²) in [6.07, 6.45) is 3.56. The summed E-state index contributed by atoms with van der Waals surface area (Å²) in [5.41, 5.74) is 6.92. The predicted molar refractivity (Wildman–Crippen MR) is 97.1 cm³/mol. The molecule has 6 heteroatoms. The van der Waals surface area contributed by atoms with Crippen LogP contribution >= 0.6 is 24.8 Å². The summed E-state index contributed by atoms with van der Waals surface area (Å²) in [5, 5.41) is 2.98. The number of nitrogens with two attached hydrogens (primary N) is 1. The van der Waals surface area contributed by atoms with Crippen molar-refractivity contribution in [3.05, 3.63) is 29.8 Å². The molecule has 1 amide bonds. The molecule has 4 nitrogen and oxygen atoms in total. The fourth-order valence-electron chi connectivity index (χ4n) is 2.78. The average Bonchev–Trinajstić information content (AvgIpc) is 2.48. The van der Waals surface area contributed by atoms with Gasteiger partial charge in [0.05, 0.1) is 5.56 Å². The van der Waals surface area contributed by atoms with Gasteiger partial charge in [-0.25, -0.2) is 0 Å². The van der Waals surface area contributed by atoms with Crippen LogP contribution in [0.1, 0.15) is 36.5 Å². The van der Waals surface area contributed by atoms with Crippen molar-refractivity contribution in [1.82, 2.24) is 10.2 Å². The van der Waals surface area contributed by atoms with E-state index in [0.717, 1.165) is 25.4 Å². The lowest BCUT2D eigenvalue weighted by atomic mass is 9.93. The van der Waals surface area contributed by atoms with Gasteiger partial charge in [0.1, 0.15) is 0 Å². The van der Waals surface area contributed by atoms with E-state index in [0.29, 0.717) is 11.3 Å². The van der Waals surface area contributed by atoms with Gasteiger partial charge in [0.15, 0.2) is 0 Å². The van der Waals surface area contributed by atoms with Gasteiger partial charge >= 0.3 is 0 Å². The molecule has 3 N–H and O–H groups in total. The Balaban J connectivity index is 0.00000220. The molecule has 0 aromatic heterocycles. The molecule has 126 valence electrons. The molecule has 2 rings (SSSR count). The maximum absolute atomic E-state index is 12.0. The highest BCUT2D eigenvalue weighted by atomic mass is 35.5. The number of para-hydroxylation sites is 1. The van der Waals surface area contributed by atoms with Crippen LogP contribution in [0, 0.1) is 5.92 Å². The third-order valence-electron chi connectivity index (χ3n) is 4.20. The Bertz CT molecular complexity index is 449. The number of anilines is 1. The molecule has 1 aromatic rings. The van der Waals surface area contributed by atoms with Gasteiger partial charge in [-0.1, -0.05) is 19.1 Å². The van der Waals surface area contributed by atoms with Gasteiger partial charge in [-0.3, -0.25) is 4.79 Å². The van der Waals surface area contributed by atoms with Crippen LogP contribution in [-0.4, -0.2) is 37.0 Å². The van der Waals surface area contributed by atoms with E-state index < -0.39 is 0 Å². The zero-order valence-electron chi connectivity index (χ0n) is 13.1. The van der Waals surface area contributed by atoms with Gasteiger partial charge in [-0.2, -0.15) is 0 Å². The number of likely N-dealkylation sites (tertiary alicyclic amines) is 1. The van der Waals surface area contributed by atoms with Crippen molar-refractivity contribution in [3.8, 4) is 0 Å². The Morgan fingerprint density at radius 1 is 1.27 bits per heavy atom. The molecule has 1 heterocycles. The van der Waals surface area contributed by atoms with Crippen molar-refractivity contribution >= 4 is 36.4 Å². The lowest BCUT2D eigenvalue weighted by Gasteiger charge is -2.31. The standard InChI is InChI=1S/C16H25N3O.2ClH/c1-2-19-11-8-13(9-12-19)7-10-18-16(20)14-5-3-4-6-15(14)17;;/h3-6,13H,2,7-12,17H2,1H3,(H,18,20);2*1H. The molecular weight excluding hydrogens is 321 g/mol. The van der Waals surface area contributed by atoms with Crippen LogP contribution in [-0.2, 0) is 0 Å². The van der Waals surface area contributed by atoms with Crippen LogP contribution in [0.5, 0.6) is 0 Å². The van der Waals surface area contributed by atoms with Gasteiger partial charge in [0, 0.05) is 12.2 Å². The average molecular weight is 348 g/mol. The van der Waals surface area contributed by atoms with Crippen LogP contribution in [0.25, 0.3) is 0 Å². The largest absolute Gasteiger partial charge is 0.398 e. The molecule has 1 fully saturated rings. The van der Waals surface area contributed by atoms with Crippen molar-refractivity contribution in [3.63, 3.8) is 0 Å². The molecule has 0 atom stereocenters. The number of amides is 1. The maximum atomic E-state index is 12.0. The number of hydrogen-bond acceptors (Lipinski definition) is 3. The SMILES string of the molecule is CCN1CCC(CCNC(=O)c2ccccc2N)CC1.Cl.Cl. The highest BCUT2D eigenvalue weighted by Gasteiger charge is 2.18. The third-order valence-corrected chi connectivity index (χ3v) is 4.20. The van der Waals surface area contributed by atoms with E-state index in [1.807, 2.05) is 12.1 Å². The normalized spacial score (nSPS) is 15.5. The Kier molecular flexibility index (Phi) is 10.2. The zero-order valence-corrected chi connectivity index (χ0v) is 14.7. The van der Waals surface area contributed by atoms with Crippen molar-refractivity contribution < 1.29 is 4.79 Å². The Morgan fingerprint density at radius 2 is 1.91 bits per heavy atom. The van der Waals surface area contributed by atoms with E-state index in [9.17, 15) is 4.79 Å². The van der Waals surface area contributed by atoms with E-state index >= 15 is 0 Å². The van der Waals surface area contributed by atoms with E-state index in [-0.39, 0.29) is 30.7 Å². The van der Waals surface area contributed by atoms with Gasteiger partial charge < -0.3 is 16.0 Å². The molecule has 0 spiro atoms. The second-order valence-corrected chi connectivity index (χ2v) is 5.51. The fourth-order valence-corrected chi connectivity index (χ4v) is 2.78. The Hall–Kier alpha value is -0.970. The molecule has 22 heavy (non-hydrogen) atoms. The number of rotatable bonds is 5. The molecule has 1 saturated heterocycles. The quantitative estimate of drug-likeness (QED) is 0.805. The minimum Gasteiger partial charge on any atom is -0.398 e. The van der Waals surface area contributed by atoms with Gasteiger partial charge in [-0.05, 0) is 56.9 Å². The van der Waals surface area contributed by atoms with Crippen LogP contribution in [0.3, 0.4) is 0 Å². The molecule has 0 radical (unpaired) electrons. The zero-order chi connectivity index (χ0) is 14.4. The summed E-state index contributed by atoms with van der Waals surface area (Å²) in [4.78, 5) is 14.5. The second-order valence-electron chi connectivity index (χ2n) is 5.51. The van der Waals surface area contributed by atoms with E-state index in [4.69, 9.17) is 5.73 Å². The highest BCUT2D eigenvalue weighted by molar-refractivity contribution is 5.99. The number of carbonyl (C=O) groups is 1. The minimum absolute atomic E-state index is 0. The number of piperidine rings is 1. The molecule has 1 aliphatic heterocycles. The monoisotopic (exact) mass is 347 g/mol. The smallest absolute Gasteiger partial charge is 0.253 e. The predicted octanol–water partition coefficient (Wildman–Crippen LogP) is 2.96. The van der Waals surface area contributed by atoms with E-state index in [2.05, 4.69) is 17.1 Å². The number of nitrogens with one attached hydrogen (secondary N) is 1. The number of nitrogen functional groups attached to an aromatic ring is 1. The topological polar surface area (TPSA) is 58.4 Å².